The molecule has 1 saturated carbocycles. The molecular formula is C37H37F2N5O2. The van der Waals surface area contributed by atoms with E-state index < -0.39 is 11.6 Å². The normalized spacial score (nSPS) is 23.3. The number of phenolic OH excluding ortho intramolecular Hbond substituents is 1. The second-order valence-electron chi connectivity index (χ2n) is 13.5. The molecule has 2 aromatic heterocycles. The average molecular weight is 622 g/mol. The van der Waals surface area contributed by atoms with E-state index >= 15 is 4.39 Å². The number of aryl methyl sites for hydroxylation is 2. The molecule has 0 amide bonds. The molecule has 2 N–H and O–H groups in total. The van der Waals surface area contributed by atoms with Crippen LogP contribution in [0.4, 0.5) is 8.78 Å². The van der Waals surface area contributed by atoms with E-state index in [0.717, 1.165) is 48.9 Å². The van der Waals surface area contributed by atoms with Crippen molar-refractivity contribution >= 4 is 32.6 Å². The van der Waals surface area contributed by atoms with Crippen molar-refractivity contribution in [1.82, 2.24) is 19.8 Å². The molecule has 3 saturated heterocycles. The van der Waals surface area contributed by atoms with Crippen molar-refractivity contribution in [2.45, 2.75) is 70.2 Å². The SMILES string of the molecule is Cc1cc2c(OC(C)[C@@H]3CCCN3C)nc3c(F)c(-c4cc(O)cc5ccc(F)cc45)c(CCC#N)cc3c2n1[C@H]1[C@H]2CN[C@@H]1C2. The van der Waals surface area contributed by atoms with Crippen LogP contribution in [-0.4, -0.2) is 57.9 Å². The molecule has 5 atom stereocenters. The number of likely N-dealkylation sites (tertiary alicyclic amines) is 1. The van der Waals surface area contributed by atoms with Crippen molar-refractivity contribution in [3.8, 4) is 28.8 Å². The fraction of sp³-hybridized carbons (Fsp3) is 0.405. The first kappa shape index (κ1) is 29.2. The minimum absolute atomic E-state index is 0.0563. The first-order valence-electron chi connectivity index (χ1n) is 16.3. The van der Waals surface area contributed by atoms with Gasteiger partial charge in [0.25, 0.3) is 0 Å². The molecule has 1 aliphatic carbocycles. The molecule has 3 aromatic carbocycles. The van der Waals surface area contributed by atoms with Crippen LogP contribution in [0.1, 0.15) is 49.9 Å². The smallest absolute Gasteiger partial charge is 0.223 e. The van der Waals surface area contributed by atoms with Crippen LogP contribution in [0.5, 0.6) is 11.6 Å². The average Bonchev–Trinajstić information content (AvgIpc) is 3.82. The molecule has 4 fully saturated rings. The number of nitriles is 1. The summed E-state index contributed by atoms with van der Waals surface area (Å²) in [6.45, 7) is 6.12. The molecule has 1 unspecified atom stereocenters. The van der Waals surface area contributed by atoms with Gasteiger partial charge in [-0.3, -0.25) is 4.90 Å². The lowest BCUT2D eigenvalue weighted by molar-refractivity contribution is 0.119. The number of nitrogens with one attached hydrogen (secondary N) is 1. The van der Waals surface area contributed by atoms with Crippen LogP contribution in [0.2, 0.25) is 0 Å². The van der Waals surface area contributed by atoms with Gasteiger partial charge in [0.05, 0.1) is 23.0 Å². The minimum atomic E-state index is -0.570. The van der Waals surface area contributed by atoms with E-state index in [1.165, 1.54) is 24.3 Å². The molecule has 2 bridgehead atoms. The number of benzene rings is 3. The van der Waals surface area contributed by atoms with Crippen LogP contribution >= 0.6 is 0 Å². The number of hydrogen-bond acceptors (Lipinski definition) is 6. The topological polar surface area (TPSA) is 86.3 Å². The Morgan fingerprint density at radius 2 is 2.00 bits per heavy atom. The summed E-state index contributed by atoms with van der Waals surface area (Å²) in [7, 11) is 2.11. The molecule has 46 heavy (non-hydrogen) atoms. The molecule has 236 valence electrons. The van der Waals surface area contributed by atoms with Crippen molar-refractivity contribution in [2.24, 2.45) is 5.92 Å². The molecule has 5 heterocycles. The monoisotopic (exact) mass is 621 g/mol. The highest BCUT2D eigenvalue weighted by molar-refractivity contribution is 6.10. The lowest BCUT2D eigenvalue weighted by atomic mass is 9.79. The predicted octanol–water partition coefficient (Wildman–Crippen LogP) is 7.15. The first-order chi connectivity index (χ1) is 22.2. The van der Waals surface area contributed by atoms with E-state index in [4.69, 9.17) is 9.72 Å². The van der Waals surface area contributed by atoms with Gasteiger partial charge in [-0.15, -0.1) is 0 Å². The van der Waals surface area contributed by atoms with Gasteiger partial charge in [-0.05, 0) is 117 Å². The van der Waals surface area contributed by atoms with Gasteiger partial charge in [-0.1, -0.05) is 6.07 Å². The van der Waals surface area contributed by atoms with Gasteiger partial charge < -0.3 is 19.7 Å². The van der Waals surface area contributed by atoms with Crippen LogP contribution in [0.25, 0.3) is 43.7 Å². The quantitative estimate of drug-likeness (QED) is 0.201. The number of aromatic hydroxyl groups is 1. The molecule has 4 aliphatic rings. The summed E-state index contributed by atoms with van der Waals surface area (Å²) in [6.07, 6.45) is 3.53. The number of aromatic nitrogens is 2. The van der Waals surface area contributed by atoms with Gasteiger partial charge in [0, 0.05) is 41.7 Å². The van der Waals surface area contributed by atoms with Crippen LogP contribution in [-0.2, 0) is 6.42 Å². The zero-order valence-corrected chi connectivity index (χ0v) is 26.3. The van der Waals surface area contributed by atoms with Crippen molar-refractivity contribution < 1.29 is 18.6 Å². The highest BCUT2D eigenvalue weighted by Gasteiger charge is 2.48. The van der Waals surface area contributed by atoms with E-state index in [1.807, 2.05) is 6.07 Å². The van der Waals surface area contributed by atoms with Gasteiger partial charge in [-0.25, -0.2) is 13.8 Å². The number of halogens is 2. The van der Waals surface area contributed by atoms with E-state index in [2.05, 4.69) is 47.8 Å². The number of pyridine rings is 1. The number of nitrogens with zero attached hydrogens (tertiary/aromatic N) is 4. The molecule has 7 nitrogen and oxygen atoms in total. The first-order valence-corrected chi connectivity index (χ1v) is 16.3. The maximum atomic E-state index is 17.4. The number of phenols is 1. The minimum Gasteiger partial charge on any atom is -0.508 e. The number of hydrogen-bond donors (Lipinski definition) is 2. The van der Waals surface area contributed by atoms with E-state index in [1.54, 1.807) is 6.07 Å². The van der Waals surface area contributed by atoms with Gasteiger partial charge in [0.2, 0.25) is 5.88 Å². The van der Waals surface area contributed by atoms with Gasteiger partial charge in [-0.2, -0.15) is 5.26 Å². The highest BCUT2D eigenvalue weighted by Crippen LogP contribution is 2.49. The molecule has 3 aliphatic heterocycles. The standard InChI is InChI=1S/C37H37F2N5O2/c1-19-12-29-36(44(19)35-23-15-30(35)41-18-23)28-14-22(6-4-10-40)32(27-17-25(45)13-21-8-9-24(38)16-26(21)27)33(39)34(28)42-37(29)46-20(2)31-7-5-11-43(31)3/h8-9,12-14,16-17,20,23,30-31,35,41,45H,4-7,11,15,18H2,1-3H3/t20?,23-,30-,31+,35+/m1/s1. The van der Waals surface area contributed by atoms with Gasteiger partial charge in [0.15, 0.2) is 5.82 Å². The number of fused-ring (bicyclic) bond motifs is 5. The van der Waals surface area contributed by atoms with Crippen molar-refractivity contribution in [2.75, 3.05) is 20.1 Å². The van der Waals surface area contributed by atoms with Crippen LogP contribution in [0, 0.1) is 35.8 Å². The van der Waals surface area contributed by atoms with Crippen LogP contribution < -0.4 is 10.1 Å². The third-order valence-electron chi connectivity index (χ3n) is 10.7. The maximum absolute atomic E-state index is 17.4. The maximum Gasteiger partial charge on any atom is 0.223 e. The van der Waals surface area contributed by atoms with E-state index in [9.17, 15) is 14.8 Å². The Morgan fingerprint density at radius 1 is 1.15 bits per heavy atom. The molecule has 0 spiro atoms. The Balaban J connectivity index is 1.43. The second-order valence-corrected chi connectivity index (χ2v) is 13.5. The Morgan fingerprint density at radius 3 is 2.72 bits per heavy atom. The zero-order valence-electron chi connectivity index (χ0n) is 26.3. The summed E-state index contributed by atoms with van der Waals surface area (Å²) < 4.78 is 41.0. The van der Waals surface area contributed by atoms with Crippen molar-refractivity contribution in [3.63, 3.8) is 0 Å². The summed E-state index contributed by atoms with van der Waals surface area (Å²) in [5.74, 6) is -0.192. The lowest BCUT2D eigenvalue weighted by Crippen LogP contribution is -2.39. The van der Waals surface area contributed by atoms with E-state index in [0.29, 0.717) is 45.1 Å². The number of likely N-dealkylation sites (N-methyl/N-ethyl adjacent to an activating group) is 1. The Hall–Kier alpha value is -4.26. The zero-order chi connectivity index (χ0) is 31.9. The molecule has 5 aromatic rings. The number of rotatable bonds is 7. The molecule has 9 heteroatoms. The summed E-state index contributed by atoms with van der Waals surface area (Å²) >= 11 is 0. The fourth-order valence-corrected chi connectivity index (χ4v) is 8.53. The van der Waals surface area contributed by atoms with Gasteiger partial charge >= 0.3 is 0 Å². The van der Waals surface area contributed by atoms with Crippen LogP contribution in [0.15, 0.2) is 42.5 Å². The van der Waals surface area contributed by atoms with Gasteiger partial charge in [0.1, 0.15) is 23.2 Å². The predicted molar refractivity (Wildman–Crippen MR) is 175 cm³/mol. The Kier molecular flexibility index (Phi) is 6.93. The molecule has 9 rings (SSSR count). The largest absolute Gasteiger partial charge is 0.508 e. The van der Waals surface area contributed by atoms with Crippen molar-refractivity contribution in [3.05, 3.63) is 65.4 Å². The summed E-state index contributed by atoms with van der Waals surface area (Å²) in [5, 5.41) is 26.5. The lowest BCUT2D eigenvalue weighted by Gasteiger charge is -2.37. The number of ether oxygens (including phenoxy) is 1. The third kappa shape index (κ3) is 4.45. The Labute approximate surface area is 266 Å². The second kappa shape index (κ2) is 10.9. The third-order valence-corrected chi connectivity index (χ3v) is 10.7. The molecule has 0 radical (unpaired) electrons. The summed E-state index contributed by atoms with van der Waals surface area (Å²) in [5.41, 5.74) is 3.32. The summed E-state index contributed by atoms with van der Waals surface area (Å²) in [4.78, 5) is 7.24. The van der Waals surface area contributed by atoms with E-state index in [-0.39, 0.29) is 47.9 Å². The van der Waals surface area contributed by atoms with Crippen molar-refractivity contribution in [1.29, 1.82) is 5.26 Å². The molecular weight excluding hydrogens is 584 g/mol. The fourth-order valence-electron chi connectivity index (χ4n) is 8.53. The highest BCUT2D eigenvalue weighted by atomic mass is 19.1. The summed E-state index contributed by atoms with van der Waals surface area (Å²) in [6, 6.07) is 14.4. The Bertz CT molecular complexity index is 2070. The van der Waals surface area contributed by atoms with Crippen LogP contribution in [0.3, 0.4) is 0 Å².